The normalized spacial score (nSPS) is 25.0. The molecule has 0 spiro atoms. The molecule has 1 aromatic rings. The van der Waals surface area contributed by atoms with Gasteiger partial charge in [0, 0.05) is 18.5 Å². The van der Waals surface area contributed by atoms with Crippen LogP contribution in [0.4, 0.5) is 0 Å². The number of aryl methyl sites for hydroxylation is 1. The minimum atomic E-state index is 0.586. The van der Waals surface area contributed by atoms with Crippen LogP contribution in [0, 0.1) is 11.8 Å². The molecule has 0 aliphatic heterocycles. The van der Waals surface area contributed by atoms with Gasteiger partial charge in [-0.25, -0.2) is 0 Å². The Labute approximate surface area is 124 Å². The molecule has 0 radical (unpaired) electrons. The van der Waals surface area contributed by atoms with Gasteiger partial charge in [0.2, 0.25) is 0 Å². The van der Waals surface area contributed by atoms with Crippen LogP contribution in [0.15, 0.2) is 22.8 Å². The summed E-state index contributed by atoms with van der Waals surface area (Å²) in [5.41, 5.74) is 0. The van der Waals surface area contributed by atoms with Crippen molar-refractivity contribution < 1.29 is 4.42 Å². The first kappa shape index (κ1) is 15.6. The second-order valence-electron chi connectivity index (χ2n) is 7.04. The van der Waals surface area contributed by atoms with Crippen LogP contribution >= 0.6 is 0 Å². The van der Waals surface area contributed by atoms with Gasteiger partial charge >= 0.3 is 0 Å². The fraction of sp³-hybridized carbons (Fsp3) is 0.778. The summed E-state index contributed by atoms with van der Waals surface area (Å²) in [4.78, 5) is 0. The highest BCUT2D eigenvalue weighted by molar-refractivity contribution is 4.98. The van der Waals surface area contributed by atoms with E-state index in [0.29, 0.717) is 6.04 Å². The van der Waals surface area contributed by atoms with Crippen LogP contribution in [-0.2, 0) is 6.42 Å². The van der Waals surface area contributed by atoms with Gasteiger partial charge in [-0.3, -0.25) is 0 Å². The third-order valence-corrected chi connectivity index (χ3v) is 4.51. The summed E-state index contributed by atoms with van der Waals surface area (Å²) in [5, 5.41) is 3.84. The van der Waals surface area contributed by atoms with Gasteiger partial charge < -0.3 is 9.73 Å². The Morgan fingerprint density at radius 3 is 2.85 bits per heavy atom. The first-order valence-electron chi connectivity index (χ1n) is 8.42. The van der Waals surface area contributed by atoms with Gasteiger partial charge in [-0.05, 0) is 56.6 Å². The maximum atomic E-state index is 5.41. The summed E-state index contributed by atoms with van der Waals surface area (Å²) < 4.78 is 5.41. The van der Waals surface area contributed by atoms with Crippen molar-refractivity contribution in [3.63, 3.8) is 0 Å². The standard InChI is InChI=1S/C18H31NO/c1-14(2)12-16-6-4-7-17(13-16)19-15(3)9-10-18-8-5-11-20-18/h5,8,11,14-17,19H,4,6-7,9-10,12-13H2,1-3H3. The Balaban J connectivity index is 1.69. The molecule has 3 atom stereocenters. The molecule has 2 nitrogen and oxygen atoms in total. The lowest BCUT2D eigenvalue weighted by Crippen LogP contribution is -2.40. The van der Waals surface area contributed by atoms with Gasteiger partial charge in [-0.1, -0.05) is 26.7 Å². The van der Waals surface area contributed by atoms with Crippen LogP contribution in [0.3, 0.4) is 0 Å². The van der Waals surface area contributed by atoms with Crippen molar-refractivity contribution in [2.24, 2.45) is 11.8 Å². The zero-order valence-electron chi connectivity index (χ0n) is 13.4. The molecule has 20 heavy (non-hydrogen) atoms. The van der Waals surface area contributed by atoms with Gasteiger partial charge in [-0.2, -0.15) is 0 Å². The Morgan fingerprint density at radius 1 is 1.30 bits per heavy atom. The largest absolute Gasteiger partial charge is 0.469 e. The van der Waals surface area contributed by atoms with Gasteiger partial charge in [0.25, 0.3) is 0 Å². The Hall–Kier alpha value is -0.760. The maximum Gasteiger partial charge on any atom is 0.103 e. The van der Waals surface area contributed by atoms with Crippen molar-refractivity contribution in [2.45, 2.75) is 77.8 Å². The summed E-state index contributed by atoms with van der Waals surface area (Å²) >= 11 is 0. The van der Waals surface area contributed by atoms with E-state index < -0.39 is 0 Å². The predicted molar refractivity (Wildman–Crippen MR) is 84.8 cm³/mol. The van der Waals surface area contributed by atoms with E-state index in [9.17, 15) is 0 Å². The van der Waals surface area contributed by atoms with Crippen LogP contribution in [0.2, 0.25) is 0 Å². The lowest BCUT2D eigenvalue weighted by molar-refractivity contribution is 0.239. The lowest BCUT2D eigenvalue weighted by Gasteiger charge is -2.32. The van der Waals surface area contributed by atoms with Crippen LogP contribution in [-0.4, -0.2) is 12.1 Å². The molecule has 2 rings (SSSR count). The summed E-state index contributed by atoms with van der Waals surface area (Å²) in [5.74, 6) is 2.90. The topological polar surface area (TPSA) is 25.2 Å². The van der Waals surface area contributed by atoms with Crippen LogP contribution in [0.5, 0.6) is 0 Å². The number of rotatable bonds is 7. The molecule has 114 valence electrons. The minimum absolute atomic E-state index is 0.586. The summed E-state index contributed by atoms with van der Waals surface area (Å²) in [7, 11) is 0. The number of hydrogen-bond donors (Lipinski definition) is 1. The van der Waals surface area contributed by atoms with E-state index in [0.717, 1.165) is 30.1 Å². The summed E-state index contributed by atoms with van der Waals surface area (Å²) in [6.45, 7) is 7.01. The molecule has 0 bridgehead atoms. The minimum Gasteiger partial charge on any atom is -0.469 e. The molecule has 1 fully saturated rings. The molecule has 1 aliphatic rings. The van der Waals surface area contributed by atoms with E-state index in [1.165, 1.54) is 38.5 Å². The monoisotopic (exact) mass is 277 g/mol. The molecule has 0 aromatic carbocycles. The van der Waals surface area contributed by atoms with Crippen molar-refractivity contribution in [3.8, 4) is 0 Å². The third-order valence-electron chi connectivity index (χ3n) is 4.51. The molecule has 0 amide bonds. The van der Waals surface area contributed by atoms with Crippen molar-refractivity contribution in [1.29, 1.82) is 0 Å². The highest BCUT2D eigenvalue weighted by Crippen LogP contribution is 2.29. The smallest absolute Gasteiger partial charge is 0.103 e. The molecule has 1 saturated carbocycles. The highest BCUT2D eigenvalue weighted by atomic mass is 16.3. The van der Waals surface area contributed by atoms with Gasteiger partial charge in [-0.15, -0.1) is 0 Å². The van der Waals surface area contributed by atoms with Crippen LogP contribution < -0.4 is 5.32 Å². The Kier molecular flexibility index (Phi) is 6.15. The Morgan fingerprint density at radius 2 is 2.15 bits per heavy atom. The van der Waals surface area contributed by atoms with E-state index in [1.54, 1.807) is 6.26 Å². The molecule has 1 N–H and O–H groups in total. The molecule has 2 heteroatoms. The quantitative estimate of drug-likeness (QED) is 0.774. The highest BCUT2D eigenvalue weighted by Gasteiger charge is 2.23. The predicted octanol–water partition coefficient (Wildman–Crippen LogP) is 4.80. The zero-order valence-corrected chi connectivity index (χ0v) is 13.4. The van der Waals surface area contributed by atoms with Crippen LogP contribution in [0.1, 0.15) is 65.1 Å². The fourth-order valence-electron chi connectivity index (χ4n) is 3.62. The lowest BCUT2D eigenvalue weighted by atomic mass is 9.81. The summed E-state index contributed by atoms with van der Waals surface area (Å²) in [6.07, 6.45) is 11.0. The van der Waals surface area contributed by atoms with Crippen molar-refractivity contribution >= 4 is 0 Å². The van der Waals surface area contributed by atoms with Gasteiger partial charge in [0.1, 0.15) is 5.76 Å². The van der Waals surface area contributed by atoms with E-state index in [1.807, 2.05) is 6.07 Å². The first-order chi connectivity index (χ1) is 9.63. The molecular weight excluding hydrogens is 246 g/mol. The second-order valence-corrected chi connectivity index (χ2v) is 7.04. The average Bonchev–Trinajstić information content (AvgIpc) is 2.89. The first-order valence-corrected chi connectivity index (χ1v) is 8.42. The SMILES string of the molecule is CC(C)CC1CCCC(NC(C)CCc2ccco2)C1. The van der Waals surface area contributed by atoms with Crippen LogP contribution in [0.25, 0.3) is 0 Å². The van der Waals surface area contributed by atoms with E-state index in [-0.39, 0.29) is 0 Å². The summed E-state index contributed by atoms with van der Waals surface area (Å²) in [6, 6.07) is 5.37. The average molecular weight is 277 g/mol. The van der Waals surface area contributed by atoms with Gasteiger partial charge in [0.15, 0.2) is 0 Å². The third kappa shape index (κ3) is 5.32. The molecule has 1 aromatic heterocycles. The van der Waals surface area contributed by atoms with Crippen molar-refractivity contribution in [1.82, 2.24) is 5.32 Å². The van der Waals surface area contributed by atoms with Crippen molar-refractivity contribution in [2.75, 3.05) is 0 Å². The van der Waals surface area contributed by atoms with E-state index in [2.05, 4.69) is 32.2 Å². The second kappa shape index (κ2) is 7.87. The van der Waals surface area contributed by atoms with E-state index in [4.69, 9.17) is 4.42 Å². The zero-order chi connectivity index (χ0) is 14.4. The Bertz CT molecular complexity index is 358. The maximum absolute atomic E-state index is 5.41. The number of nitrogens with one attached hydrogen (secondary N) is 1. The molecule has 0 saturated heterocycles. The van der Waals surface area contributed by atoms with E-state index >= 15 is 0 Å². The molecular formula is C18H31NO. The fourth-order valence-corrected chi connectivity index (χ4v) is 3.62. The molecule has 1 aliphatic carbocycles. The molecule has 1 heterocycles. The number of furan rings is 1. The molecule has 3 unspecified atom stereocenters. The van der Waals surface area contributed by atoms with Crippen molar-refractivity contribution in [3.05, 3.63) is 24.2 Å². The number of hydrogen-bond acceptors (Lipinski definition) is 2. The van der Waals surface area contributed by atoms with Gasteiger partial charge in [0.05, 0.1) is 6.26 Å².